The number of rotatable bonds is 4. The molecule has 5 nitrogen and oxygen atoms in total. The van der Waals surface area contributed by atoms with Crippen molar-refractivity contribution in [3.63, 3.8) is 0 Å². The van der Waals surface area contributed by atoms with Crippen molar-refractivity contribution < 1.29 is 19.5 Å². The average Bonchev–Trinajstić information content (AvgIpc) is 2.18. The van der Waals surface area contributed by atoms with Gasteiger partial charge in [-0.25, -0.2) is 10.3 Å². The van der Waals surface area contributed by atoms with E-state index in [1.54, 1.807) is 11.8 Å². The molecule has 0 aromatic carbocycles. The third kappa shape index (κ3) is 3.97. The maximum absolute atomic E-state index is 11.3. The molecule has 1 fully saturated rings. The number of carbonyl (C=O) groups excluding carboxylic acids is 1. The zero-order valence-corrected chi connectivity index (χ0v) is 8.51. The molecule has 1 rings (SSSR count). The van der Waals surface area contributed by atoms with Gasteiger partial charge in [0.25, 0.3) is 5.91 Å². The third-order valence-corrected chi connectivity index (χ3v) is 3.22. The minimum atomic E-state index is -1.10. The molecular formula is C8H13NO4S. The van der Waals surface area contributed by atoms with Gasteiger partial charge in [0.05, 0.1) is 5.25 Å². The van der Waals surface area contributed by atoms with Gasteiger partial charge in [-0.1, -0.05) is 6.42 Å². The van der Waals surface area contributed by atoms with E-state index in [-0.39, 0.29) is 11.2 Å². The Balaban J connectivity index is 2.16. The predicted molar refractivity (Wildman–Crippen MR) is 51.8 cm³/mol. The molecule has 1 aliphatic rings. The van der Waals surface area contributed by atoms with E-state index < -0.39 is 12.6 Å². The fourth-order valence-corrected chi connectivity index (χ4v) is 2.37. The number of carboxylic acid groups (broad SMARTS) is 1. The van der Waals surface area contributed by atoms with E-state index >= 15 is 0 Å². The van der Waals surface area contributed by atoms with Crippen molar-refractivity contribution in [3.8, 4) is 0 Å². The molecule has 1 atom stereocenters. The minimum Gasteiger partial charge on any atom is -0.479 e. The van der Waals surface area contributed by atoms with Gasteiger partial charge in [0.15, 0.2) is 6.61 Å². The molecule has 1 saturated heterocycles. The monoisotopic (exact) mass is 219 g/mol. The zero-order chi connectivity index (χ0) is 10.4. The molecule has 1 aliphatic heterocycles. The van der Waals surface area contributed by atoms with Crippen molar-refractivity contribution >= 4 is 23.6 Å². The summed E-state index contributed by atoms with van der Waals surface area (Å²) in [5, 5.41) is 8.17. The SMILES string of the molecule is O=C(O)CONC(=O)C1CCCCS1. The van der Waals surface area contributed by atoms with E-state index in [0.29, 0.717) is 0 Å². The molecule has 2 N–H and O–H groups in total. The standard InChI is InChI=1S/C8H13NO4S/c10-7(11)5-13-9-8(12)6-3-1-2-4-14-6/h6H,1-5H2,(H,9,12)(H,10,11). The fourth-order valence-electron chi connectivity index (χ4n) is 1.18. The molecule has 6 heteroatoms. The van der Waals surface area contributed by atoms with Crippen LogP contribution in [0.5, 0.6) is 0 Å². The Morgan fingerprint density at radius 1 is 1.50 bits per heavy atom. The minimum absolute atomic E-state index is 0.0856. The lowest BCUT2D eigenvalue weighted by Gasteiger charge is -2.19. The van der Waals surface area contributed by atoms with Crippen LogP contribution in [0.1, 0.15) is 19.3 Å². The maximum atomic E-state index is 11.3. The van der Waals surface area contributed by atoms with Crippen LogP contribution in [0.15, 0.2) is 0 Å². The lowest BCUT2D eigenvalue weighted by Crippen LogP contribution is -2.35. The Kier molecular flexibility index (Phi) is 4.75. The highest BCUT2D eigenvalue weighted by Gasteiger charge is 2.21. The molecule has 14 heavy (non-hydrogen) atoms. The summed E-state index contributed by atoms with van der Waals surface area (Å²) in [5.74, 6) is -0.339. The first-order valence-corrected chi connectivity index (χ1v) is 5.50. The van der Waals surface area contributed by atoms with E-state index in [0.717, 1.165) is 25.0 Å². The molecule has 1 unspecified atom stereocenters. The van der Waals surface area contributed by atoms with Crippen LogP contribution in [0.25, 0.3) is 0 Å². The first-order chi connectivity index (χ1) is 6.70. The van der Waals surface area contributed by atoms with Gasteiger partial charge >= 0.3 is 5.97 Å². The molecule has 0 aromatic rings. The number of aliphatic carboxylic acids is 1. The number of hydrogen-bond donors (Lipinski definition) is 2. The Morgan fingerprint density at radius 2 is 2.29 bits per heavy atom. The summed E-state index contributed by atoms with van der Waals surface area (Å²) in [6.07, 6.45) is 3.03. The second-order valence-corrected chi connectivity index (χ2v) is 4.31. The maximum Gasteiger partial charge on any atom is 0.332 e. The third-order valence-electron chi connectivity index (χ3n) is 1.84. The van der Waals surface area contributed by atoms with Crippen molar-refractivity contribution in [2.45, 2.75) is 24.5 Å². The lowest BCUT2D eigenvalue weighted by molar-refractivity contribution is -0.149. The Hall–Kier alpha value is -0.750. The van der Waals surface area contributed by atoms with Crippen LogP contribution in [0.4, 0.5) is 0 Å². The summed E-state index contributed by atoms with van der Waals surface area (Å²) < 4.78 is 0. The highest BCUT2D eigenvalue weighted by Crippen LogP contribution is 2.24. The number of carbonyl (C=O) groups is 2. The Morgan fingerprint density at radius 3 is 2.86 bits per heavy atom. The van der Waals surface area contributed by atoms with E-state index in [1.807, 2.05) is 0 Å². The summed E-state index contributed by atoms with van der Waals surface area (Å²) in [5.41, 5.74) is 2.14. The summed E-state index contributed by atoms with van der Waals surface area (Å²) >= 11 is 1.59. The van der Waals surface area contributed by atoms with Gasteiger partial charge < -0.3 is 5.11 Å². The average molecular weight is 219 g/mol. The van der Waals surface area contributed by atoms with E-state index in [4.69, 9.17) is 5.11 Å². The van der Waals surface area contributed by atoms with Gasteiger partial charge in [-0.3, -0.25) is 9.63 Å². The van der Waals surface area contributed by atoms with Crippen LogP contribution in [0.3, 0.4) is 0 Å². The van der Waals surface area contributed by atoms with E-state index in [2.05, 4.69) is 10.3 Å². The van der Waals surface area contributed by atoms with Crippen LogP contribution in [0.2, 0.25) is 0 Å². The van der Waals surface area contributed by atoms with Crippen molar-refractivity contribution in [3.05, 3.63) is 0 Å². The molecule has 0 spiro atoms. The van der Waals surface area contributed by atoms with Crippen LogP contribution >= 0.6 is 11.8 Å². The van der Waals surface area contributed by atoms with Gasteiger partial charge in [-0.2, -0.15) is 0 Å². The number of thioether (sulfide) groups is 1. The Labute approximate surface area is 86.1 Å². The van der Waals surface area contributed by atoms with Gasteiger partial charge in [-0.05, 0) is 18.6 Å². The molecule has 1 amide bonds. The first-order valence-electron chi connectivity index (χ1n) is 4.45. The van der Waals surface area contributed by atoms with Gasteiger partial charge in [-0.15, -0.1) is 11.8 Å². The van der Waals surface area contributed by atoms with Crippen LogP contribution in [-0.2, 0) is 14.4 Å². The normalized spacial score (nSPS) is 21.6. The molecule has 1 heterocycles. The smallest absolute Gasteiger partial charge is 0.332 e. The van der Waals surface area contributed by atoms with Crippen molar-refractivity contribution in [2.24, 2.45) is 0 Å². The largest absolute Gasteiger partial charge is 0.479 e. The number of nitrogens with one attached hydrogen (secondary N) is 1. The van der Waals surface area contributed by atoms with Crippen molar-refractivity contribution in [1.29, 1.82) is 0 Å². The molecule has 0 aliphatic carbocycles. The van der Waals surface area contributed by atoms with Gasteiger partial charge in [0.2, 0.25) is 0 Å². The number of hydrogen-bond acceptors (Lipinski definition) is 4. The van der Waals surface area contributed by atoms with Crippen LogP contribution in [-0.4, -0.2) is 34.6 Å². The topological polar surface area (TPSA) is 75.6 Å². The summed E-state index contributed by atoms with van der Waals surface area (Å²) in [6, 6.07) is 0. The number of carboxylic acids is 1. The van der Waals surface area contributed by atoms with E-state index in [1.165, 1.54) is 0 Å². The van der Waals surface area contributed by atoms with Gasteiger partial charge in [0, 0.05) is 0 Å². The number of amides is 1. The Bertz CT molecular complexity index is 215. The zero-order valence-electron chi connectivity index (χ0n) is 7.69. The highest BCUT2D eigenvalue weighted by atomic mass is 32.2. The quantitative estimate of drug-likeness (QED) is 0.669. The summed E-state index contributed by atoms with van der Waals surface area (Å²) in [7, 11) is 0. The summed E-state index contributed by atoms with van der Waals surface area (Å²) in [4.78, 5) is 25.9. The molecule has 0 saturated carbocycles. The van der Waals surface area contributed by atoms with Crippen LogP contribution in [0, 0.1) is 0 Å². The summed E-state index contributed by atoms with van der Waals surface area (Å²) in [6.45, 7) is -0.497. The fraction of sp³-hybridized carbons (Fsp3) is 0.750. The van der Waals surface area contributed by atoms with Crippen molar-refractivity contribution in [1.82, 2.24) is 5.48 Å². The second kappa shape index (κ2) is 5.87. The second-order valence-electron chi connectivity index (χ2n) is 3.00. The number of hydroxylamine groups is 1. The lowest BCUT2D eigenvalue weighted by atomic mass is 10.2. The van der Waals surface area contributed by atoms with Crippen LogP contribution < -0.4 is 5.48 Å². The molecular weight excluding hydrogens is 206 g/mol. The highest BCUT2D eigenvalue weighted by molar-refractivity contribution is 8.00. The predicted octanol–water partition coefficient (Wildman–Crippen LogP) is 0.404. The molecule has 0 bridgehead atoms. The molecule has 80 valence electrons. The molecule has 0 aromatic heterocycles. The van der Waals surface area contributed by atoms with Crippen molar-refractivity contribution in [2.75, 3.05) is 12.4 Å². The first kappa shape index (κ1) is 11.3. The molecule has 0 radical (unpaired) electrons. The van der Waals surface area contributed by atoms with Gasteiger partial charge in [0.1, 0.15) is 0 Å². The van der Waals surface area contributed by atoms with E-state index in [9.17, 15) is 9.59 Å².